The molecule has 0 heterocycles. The maximum atomic E-state index is 3.11. The minimum atomic E-state index is 0.708. The molecule has 1 aromatic carbocycles. The third-order valence-electron chi connectivity index (χ3n) is 2.02. The Hall–Kier alpha value is -0.980. The van der Waals surface area contributed by atoms with Gasteiger partial charge in [-0.05, 0) is 31.0 Å². The summed E-state index contributed by atoms with van der Waals surface area (Å²) in [5, 5.41) is 0. The maximum absolute atomic E-state index is 3.11. The second kappa shape index (κ2) is 4.90. The van der Waals surface area contributed by atoms with Crippen LogP contribution < -0.4 is 4.90 Å². The van der Waals surface area contributed by atoms with Gasteiger partial charge >= 0.3 is 0 Å². The van der Waals surface area contributed by atoms with Gasteiger partial charge in [0.25, 0.3) is 0 Å². The largest absolute Gasteiger partial charge is 0.372 e. The van der Waals surface area contributed by atoms with E-state index in [4.69, 9.17) is 0 Å². The lowest BCUT2D eigenvalue weighted by Gasteiger charge is -2.24. The molecule has 0 aliphatic carbocycles. The van der Waals surface area contributed by atoms with Crippen molar-refractivity contribution in [2.24, 2.45) is 5.92 Å². The third kappa shape index (κ3) is 3.10. The summed E-state index contributed by atoms with van der Waals surface area (Å²) in [5.41, 5.74) is 1.28. The zero-order valence-electron chi connectivity index (χ0n) is 8.75. The molecule has 0 saturated heterocycles. The van der Waals surface area contributed by atoms with Crippen molar-refractivity contribution in [3.8, 4) is 0 Å². The van der Waals surface area contributed by atoms with E-state index in [1.807, 2.05) is 18.2 Å². The van der Waals surface area contributed by atoms with Crippen LogP contribution in [0.5, 0.6) is 0 Å². The van der Waals surface area contributed by atoms with E-state index in [9.17, 15) is 0 Å². The highest BCUT2D eigenvalue weighted by atomic mass is 15.1. The molecule has 1 aromatic rings. The van der Waals surface area contributed by atoms with Crippen LogP contribution in [0.3, 0.4) is 0 Å². The second-order valence-corrected chi connectivity index (χ2v) is 3.69. The van der Waals surface area contributed by atoms with Crippen molar-refractivity contribution >= 4 is 5.69 Å². The summed E-state index contributed by atoms with van der Waals surface area (Å²) in [6, 6.07) is 11.3. The Labute approximate surface area is 81.4 Å². The van der Waals surface area contributed by atoms with Crippen molar-refractivity contribution in [1.82, 2.24) is 0 Å². The van der Waals surface area contributed by atoms with Crippen molar-refractivity contribution < 1.29 is 0 Å². The minimum absolute atomic E-state index is 0.708. The molecule has 1 nitrogen and oxygen atoms in total. The Morgan fingerprint density at radius 2 is 2.23 bits per heavy atom. The monoisotopic (exact) mass is 176 g/mol. The Bertz CT molecular complexity index is 228. The van der Waals surface area contributed by atoms with Crippen LogP contribution in [0.4, 0.5) is 5.69 Å². The predicted octanol–water partition coefficient (Wildman–Crippen LogP) is 2.97. The Kier molecular flexibility index (Phi) is 3.81. The molecule has 0 aliphatic heterocycles. The molecule has 0 aromatic heterocycles. The molecule has 1 radical (unpaired) electrons. The van der Waals surface area contributed by atoms with Gasteiger partial charge in [-0.1, -0.05) is 26.0 Å². The van der Waals surface area contributed by atoms with Gasteiger partial charge in [-0.15, -0.1) is 0 Å². The van der Waals surface area contributed by atoms with E-state index in [0.29, 0.717) is 5.92 Å². The van der Waals surface area contributed by atoms with E-state index in [1.165, 1.54) is 5.69 Å². The number of benzene rings is 1. The summed E-state index contributed by atoms with van der Waals surface area (Å²) in [4.78, 5) is 2.38. The topological polar surface area (TPSA) is 3.24 Å². The molecular formula is C12H18N. The highest BCUT2D eigenvalue weighted by Crippen LogP contribution is 2.13. The Morgan fingerprint density at radius 3 is 2.69 bits per heavy atom. The van der Waals surface area contributed by atoms with Gasteiger partial charge in [0.2, 0.25) is 0 Å². The third-order valence-corrected chi connectivity index (χ3v) is 2.02. The quantitative estimate of drug-likeness (QED) is 0.681. The fourth-order valence-electron chi connectivity index (χ4n) is 1.44. The van der Waals surface area contributed by atoms with Gasteiger partial charge in [-0.2, -0.15) is 0 Å². The zero-order valence-corrected chi connectivity index (χ0v) is 8.75. The van der Waals surface area contributed by atoms with Crippen molar-refractivity contribution in [1.29, 1.82) is 0 Å². The molecule has 0 atom stereocenters. The number of hydrogen-bond acceptors (Lipinski definition) is 1. The standard InChI is InChI=1S/C12H18N/c1-4-13(10-11(2)3)12-8-6-5-7-9-12/h5-6,8-9,11H,4,10H2,1-3H3. The van der Waals surface area contributed by atoms with E-state index < -0.39 is 0 Å². The first-order chi connectivity index (χ1) is 6.24. The lowest BCUT2D eigenvalue weighted by atomic mass is 10.2. The van der Waals surface area contributed by atoms with Crippen LogP contribution in [-0.4, -0.2) is 13.1 Å². The molecule has 13 heavy (non-hydrogen) atoms. The van der Waals surface area contributed by atoms with Crippen molar-refractivity contribution in [2.45, 2.75) is 20.8 Å². The molecule has 0 unspecified atom stereocenters. The number of anilines is 1. The fraction of sp³-hybridized carbons (Fsp3) is 0.500. The number of nitrogens with zero attached hydrogens (tertiary/aromatic N) is 1. The summed E-state index contributed by atoms with van der Waals surface area (Å²) in [6.07, 6.45) is 0. The lowest BCUT2D eigenvalue weighted by molar-refractivity contribution is 0.619. The van der Waals surface area contributed by atoms with Gasteiger partial charge in [0, 0.05) is 18.8 Å². The van der Waals surface area contributed by atoms with Crippen LogP contribution >= 0.6 is 0 Å². The first-order valence-corrected chi connectivity index (χ1v) is 4.95. The Morgan fingerprint density at radius 1 is 1.46 bits per heavy atom. The number of hydrogen-bond donors (Lipinski definition) is 0. The lowest BCUT2D eigenvalue weighted by Crippen LogP contribution is -2.26. The summed E-state index contributed by atoms with van der Waals surface area (Å²) in [7, 11) is 0. The summed E-state index contributed by atoms with van der Waals surface area (Å²) >= 11 is 0. The molecule has 0 aliphatic rings. The maximum Gasteiger partial charge on any atom is 0.0372 e. The molecule has 0 fully saturated rings. The highest BCUT2D eigenvalue weighted by Gasteiger charge is 2.04. The van der Waals surface area contributed by atoms with Gasteiger partial charge in [0.1, 0.15) is 0 Å². The minimum Gasteiger partial charge on any atom is -0.372 e. The van der Waals surface area contributed by atoms with Crippen LogP contribution in [0.2, 0.25) is 0 Å². The van der Waals surface area contributed by atoms with E-state index in [0.717, 1.165) is 13.1 Å². The molecule has 0 N–H and O–H groups in total. The molecule has 0 bridgehead atoms. The van der Waals surface area contributed by atoms with Crippen molar-refractivity contribution in [2.75, 3.05) is 18.0 Å². The van der Waals surface area contributed by atoms with Gasteiger partial charge in [0.05, 0.1) is 0 Å². The SMILES string of the molecule is CCN(CC(C)C)c1c[c]ccc1. The molecule has 0 saturated carbocycles. The van der Waals surface area contributed by atoms with Crippen LogP contribution in [0.15, 0.2) is 24.3 Å². The van der Waals surface area contributed by atoms with Crippen molar-refractivity contribution in [3.05, 3.63) is 30.3 Å². The van der Waals surface area contributed by atoms with Crippen LogP contribution in [0, 0.1) is 12.0 Å². The highest BCUT2D eigenvalue weighted by molar-refractivity contribution is 5.45. The fourth-order valence-corrected chi connectivity index (χ4v) is 1.44. The molecular weight excluding hydrogens is 158 g/mol. The predicted molar refractivity (Wildman–Crippen MR) is 58.0 cm³/mol. The number of rotatable bonds is 4. The Balaban J connectivity index is 2.67. The molecule has 71 valence electrons. The van der Waals surface area contributed by atoms with Crippen LogP contribution in [0.1, 0.15) is 20.8 Å². The van der Waals surface area contributed by atoms with E-state index in [2.05, 4.69) is 37.8 Å². The van der Waals surface area contributed by atoms with Gasteiger partial charge < -0.3 is 4.90 Å². The van der Waals surface area contributed by atoms with Gasteiger partial charge in [-0.3, -0.25) is 0 Å². The smallest absolute Gasteiger partial charge is 0.0372 e. The summed E-state index contributed by atoms with van der Waals surface area (Å²) in [5.74, 6) is 0.708. The molecule has 0 amide bonds. The molecule has 0 spiro atoms. The summed E-state index contributed by atoms with van der Waals surface area (Å²) in [6.45, 7) is 8.87. The average molecular weight is 176 g/mol. The van der Waals surface area contributed by atoms with Crippen molar-refractivity contribution in [3.63, 3.8) is 0 Å². The van der Waals surface area contributed by atoms with E-state index in [-0.39, 0.29) is 0 Å². The first kappa shape index (κ1) is 10.1. The zero-order chi connectivity index (χ0) is 9.68. The first-order valence-electron chi connectivity index (χ1n) is 4.95. The molecule has 1 heteroatoms. The van der Waals surface area contributed by atoms with Crippen LogP contribution in [0.25, 0.3) is 0 Å². The molecule has 1 rings (SSSR count). The van der Waals surface area contributed by atoms with Crippen LogP contribution in [-0.2, 0) is 0 Å². The van der Waals surface area contributed by atoms with Gasteiger partial charge in [-0.25, -0.2) is 0 Å². The normalized spacial score (nSPS) is 10.5. The van der Waals surface area contributed by atoms with Gasteiger partial charge in [0.15, 0.2) is 0 Å². The van der Waals surface area contributed by atoms with E-state index >= 15 is 0 Å². The average Bonchev–Trinajstić information content (AvgIpc) is 2.15. The van der Waals surface area contributed by atoms with E-state index in [1.54, 1.807) is 0 Å². The second-order valence-electron chi connectivity index (χ2n) is 3.69. The summed E-state index contributed by atoms with van der Waals surface area (Å²) < 4.78 is 0.